The molecule has 0 aliphatic heterocycles. The highest BCUT2D eigenvalue weighted by atomic mass is 16.5. The third-order valence-corrected chi connectivity index (χ3v) is 4.05. The highest BCUT2D eigenvalue weighted by molar-refractivity contribution is 5.16. The van der Waals surface area contributed by atoms with Crippen molar-refractivity contribution in [2.45, 2.75) is 51.7 Å². The largest absolute Gasteiger partial charge is 0.367 e. The van der Waals surface area contributed by atoms with Crippen LogP contribution in [-0.4, -0.2) is 17.1 Å². The number of rotatable bonds is 4. The van der Waals surface area contributed by atoms with E-state index >= 15 is 0 Å². The minimum atomic E-state index is -0.123. The van der Waals surface area contributed by atoms with Gasteiger partial charge in [0.25, 0.3) is 0 Å². The van der Waals surface area contributed by atoms with Crippen molar-refractivity contribution >= 4 is 0 Å². The number of nitrogens with zero attached hydrogens (tertiary/aromatic N) is 1. The second kappa shape index (κ2) is 5.81. The zero-order chi connectivity index (χ0) is 13.0. The number of pyridine rings is 1. The van der Waals surface area contributed by atoms with Gasteiger partial charge in [0.1, 0.15) is 0 Å². The average molecular weight is 248 g/mol. The molecule has 18 heavy (non-hydrogen) atoms. The molecule has 100 valence electrons. The first kappa shape index (κ1) is 13.5. The molecule has 3 nitrogen and oxygen atoms in total. The van der Waals surface area contributed by atoms with Gasteiger partial charge in [-0.2, -0.15) is 0 Å². The molecule has 0 amide bonds. The van der Waals surface area contributed by atoms with Crippen molar-refractivity contribution in [3.63, 3.8) is 0 Å². The van der Waals surface area contributed by atoms with Crippen molar-refractivity contribution in [1.29, 1.82) is 0 Å². The molecular weight excluding hydrogens is 224 g/mol. The first-order chi connectivity index (χ1) is 8.65. The Morgan fingerprint density at radius 2 is 2.39 bits per heavy atom. The van der Waals surface area contributed by atoms with Gasteiger partial charge in [0.2, 0.25) is 0 Å². The van der Waals surface area contributed by atoms with Gasteiger partial charge in [0.15, 0.2) is 0 Å². The van der Waals surface area contributed by atoms with Crippen LogP contribution >= 0.6 is 0 Å². The van der Waals surface area contributed by atoms with Gasteiger partial charge in [-0.05, 0) is 37.3 Å². The van der Waals surface area contributed by atoms with E-state index in [0.717, 1.165) is 18.5 Å². The fraction of sp³-hybridized carbons (Fsp3) is 0.667. The maximum Gasteiger partial charge on any atom is 0.0898 e. The predicted molar refractivity (Wildman–Crippen MR) is 73.2 cm³/mol. The smallest absolute Gasteiger partial charge is 0.0898 e. The Kier molecular flexibility index (Phi) is 4.36. The normalized spacial score (nSPS) is 28.3. The van der Waals surface area contributed by atoms with E-state index in [4.69, 9.17) is 10.5 Å². The lowest BCUT2D eigenvalue weighted by atomic mass is 9.79. The van der Waals surface area contributed by atoms with Gasteiger partial charge in [-0.15, -0.1) is 0 Å². The van der Waals surface area contributed by atoms with Crippen LogP contribution in [0.1, 0.15) is 43.9 Å². The topological polar surface area (TPSA) is 48.1 Å². The molecular formula is C15H24N2O. The third-order valence-electron chi connectivity index (χ3n) is 4.05. The summed E-state index contributed by atoms with van der Waals surface area (Å²) in [6.07, 6.45) is 6.51. The van der Waals surface area contributed by atoms with Crippen molar-refractivity contribution in [3.05, 3.63) is 29.6 Å². The summed E-state index contributed by atoms with van der Waals surface area (Å²) in [6.45, 7) is 5.56. The van der Waals surface area contributed by atoms with E-state index < -0.39 is 0 Å². The predicted octanol–water partition coefficient (Wildman–Crippen LogP) is 2.81. The summed E-state index contributed by atoms with van der Waals surface area (Å²) in [5.74, 6) is 0.715. The molecule has 1 aromatic heterocycles. The van der Waals surface area contributed by atoms with Gasteiger partial charge in [-0.25, -0.2) is 0 Å². The summed E-state index contributed by atoms with van der Waals surface area (Å²) in [7, 11) is 0. The van der Waals surface area contributed by atoms with Gasteiger partial charge in [-0.1, -0.05) is 25.8 Å². The molecule has 0 spiro atoms. The Balaban J connectivity index is 2.01. The third kappa shape index (κ3) is 3.09. The molecule has 2 N–H and O–H groups in total. The molecule has 1 aliphatic rings. The molecule has 0 radical (unpaired) electrons. The van der Waals surface area contributed by atoms with Crippen LogP contribution in [-0.2, 0) is 11.3 Å². The molecule has 0 saturated heterocycles. The fourth-order valence-electron chi connectivity index (χ4n) is 2.88. The molecule has 2 rings (SSSR count). The SMILES string of the molecule is Cc1cccnc1COC1(CN)CCCC(C)C1. The molecule has 3 heteroatoms. The molecule has 1 aliphatic carbocycles. The van der Waals surface area contributed by atoms with E-state index in [-0.39, 0.29) is 5.60 Å². The van der Waals surface area contributed by atoms with Crippen LogP contribution in [0.4, 0.5) is 0 Å². The molecule has 0 bridgehead atoms. The van der Waals surface area contributed by atoms with Crippen LogP contribution in [0.3, 0.4) is 0 Å². The van der Waals surface area contributed by atoms with Crippen molar-refractivity contribution < 1.29 is 4.74 Å². The second-order valence-corrected chi connectivity index (χ2v) is 5.64. The van der Waals surface area contributed by atoms with E-state index in [9.17, 15) is 0 Å². The van der Waals surface area contributed by atoms with E-state index in [1.165, 1.54) is 18.4 Å². The quantitative estimate of drug-likeness (QED) is 0.891. The molecule has 1 aromatic rings. The van der Waals surface area contributed by atoms with Gasteiger partial charge in [-0.3, -0.25) is 4.98 Å². The number of hydrogen-bond donors (Lipinski definition) is 1. The molecule has 0 aromatic carbocycles. The summed E-state index contributed by atoms with van der Waals surface area (Å²) >= 11 is 0. The van der Waals surface area contributed by atoms with Crippen LogP contribution in [0.25, 0.3) is 0 Å². The van der Waals surface area contributed by atoms with Gasteiger partial charge in [0.05, 0.1) is 17.9 Å². The zero-order valence-electron chi connectivity index (χ0n) is 11.5. The van der Waals surface area contributed by atoms with Crippen molar-refractivity contribution in [1.82, 2.24) is 4.98 Å². The van der Waals surface area contributed by atoms with Crippen LogP contribution in [0.2, 0.25) is 0 Å². The minimum absolute atomic E-state index is 0.123. The average Bonchev–Trinajstić information content (AvgIpc) is 2.38. The number of nitrogens with two attached hydrogens (primary N) is 1. The number of aromatic nitrogens is 1. The Hall–Kier alpha value is -0.930. The van der Waals surface area contributed by atoms with Crippen molar-refractivity contribution in [3.8, 4) is 0 Å². The van der Waals surface area contributed by atoms with Gasteiger partial charge < -0.3 is 10.5 Å². The maximum absolute atomic E-state index is 6.17. The van der Waals surface area contributed by atoms with Crippen molar-refractivity contribution in [2.75, 3.05) is 6.54 Å². The number of aryl methyl sites for hydroxylation is 1. The van der Waals surface area contributed by atoms with Crippen molar-refractivity contribution in [2.24, 2.45) is 11.7 Å². The lowest BCUT2D eigenvalue weighted by Crippen LogP contribution is -2.44. The fourth-order valence-corrected chi connectivity index (χ4v) is 2.88. The molecule has 2 unspecified atom stereocenters. The van der Waals surface area contributed by atoms with Gasteiger partial charge in [0, 0.05) is 12.7 Å². The minimum Gasteiger partial charge on any atom is -0.367 e. The van der Waals surface area contributed by atoms with E-state index in [2.05, 4.69) is 24.9 Å². The van der Waals surface area contributed by atoms with Gasteiger partial charge >= 0.3 is 0 Å². The molecule has 1 heterocycles. The second-order valence-electron chi connectivity index (χ2n) is 5.64. The Bertz CT molecular complexity index is 394. The van der Waals surface area contributed by atoms with Crippen LogP contribution in [0, 0.1) is 12.8 Å². The molecule has 1 saturated carbocycles. The monoisotopic (exact) mass is 248 g/mol. The number of ether oxygens (including phenoxy) is 1. The lowest BCUT2D eigenvalue weighted by Gasteiger charge is -2.39. The number of hydrogen-bond acceptors (Lipinski definition) is 3. The van der Waals surface area contributed by atoms with E-state index in [1.54, 1.807) is 0 Å². The standard InChI is InChI=1S/C15H24N2O/c1-12-5-3-7-15(9-12,11-16)18-10-14-13(2)6-4-8-17-14/h4,6,8,12H,3,5,7,9-11,16H2,1-2H3. The van der Waals surface area contributed by atoms with Crippen LogP contribution in [0.15, 0.2) is 18.3 Å². The lowest BCUT2D eigenvalue weighted by molar-refractivity contribution is -0.0851. The highest BCUT2D eigenvalue weighted by Gasteiger charge is 2.34. The highest BCUT2D eigenvalue weighted by Crippen LogP contribution is 2.35. The maximum atomic E-state index is 6.17. The molecule has 2 atom stereocenters. The Labute approximate surface area is 110 Å². The summed E-state index contributed by atoms with van der Waals surface area (Å²) in [5.41, 5.74) is 8.05. The van der Waals surface area contributed by atoms with E-state index in [0.29, 0.717) is 19.1 Å². The first-order valence-electron chi connectivity index (χ1n) is 6.90. The summed E-state index contributed by atoms with van der Waals surface area (Å²) in [4.78, 5) is 4.38. The summed E-state index contributed by atoms with van der Waals surface area (Å²) in [6, 6.07) is 4.03. The summed E-state index contributed by atoms with van der Waals surface area (Å²) < 4.78 is 6.17. The first-order valence-corrected chi connectivity index (χ1v) is 6.90. The van der Waals surface area contributed by atoms with Crippen LogP contribution in [0.5, 0.6) is 0 Å². The zero-order valence-corrected chi connectivity index (χ0v) is 11.5. The summed E-state index contributed by atoms with van der Waals surface area (Å²) in [5, 5.41) is 0. The van der Waals surface area contributed by atoms with Crippen LogP contribution < -0.4 is 5.73 Å². The Morgan fingerprint density at radius 3 is 3.06 bits per heavy atom. The Morgan fingerprint density at radius 1 is 1.56 bits per heavy atom. The van der Waals surface area contributed by atoms with E-state index in [1.807, 2.05) is 12.3 Å². The molecule has 1 fully saturated rings.